The summed E-state index contributed by atoms with van der Waals surface area (Å²) in [4.78, 5) is 0. The van der Waals surface area contributed by atoms with Gasteiger partial charge in [-0.2, -0.15) is 0 Å². The lowest BCUT2D eigenvalue weighted by molar-refractivity contribution is 0.266. The van der Waals surface area contributed by atoms with Gasteiger partial charge in [-0.05, 0) is 55.6 Å². The highest BCUT2D eigenvalue weighted by molar-refractivity contribution is 7.80. The van der Waals surface area contributed by atoms with E-state index < -0.39 is 0 Å². The Bertz CT molecular complexity index is 464. The largest absolute Gasteiger partial charge is 0.359 e. The third kappa shape index (κ3) is 7.11. The maximum Gasteiger partial charge on any atom is 0.166 e. The van der Waals surface area contributed by atoms with E-state index in [4.69, 9.17) is 23.8 Å². The summed E-state index contributed by atoms with van der Waals surface area (Å²) < 4.78 is 0. The van der Waals surface area contributed by atoms with Crippen molar-refractivity contribution in [2.45, 2.75) is 53.1 Å². The zero-order valence-corrected chi connectivity index (χ0v) is 14.6. The van der Waals surface area contributed by atoms with Gasteiger partial charge in [-0.1, -0.05) is 44.5 Å². The molecule has 0 aromatic heterocycles. The Balaban J connectivity index is 2.47. The summed E-state index contributed by atoms with van der Waals surface area (Å²) >= 11 is 11.3. The molecule has 0 aliphatic heterocycles. The Morgan fingerprint density at radius 2 is 1.85 bits per heavy atom. The summed E-state index contributed by atoms with van der Waals surface area (Å²) in [6, 6.07) is 7.78. The fourth-order valence-corrected chi connectivity index (χ4v) is 3.11. The summed E-state index contributed by atoms with van der Waals surface area (Å²) in [7, 11) is 0. The van der Waals surface area contributed by atoms with Gasteiger partial charge in [0.05, 0.1) is 0 Å². The molecule has 0 spiro atoms. The first-order chi connectivity index (χ1) is 9.07. The lowest BCUT2D eigenvalue weighted by Crippen LogP contribution is -2.49. The van der Waals surface area contributed by atoms with Crippen LogP contribution in [0.3, 0.4) is 0 Å². The van der Waals surface area contributed by atoms with Crippen LogP contribution in [0.4, 0.5) is 0 Å². The molecule has 1 rings (SSSR count). The SMILES string of the molecule is CC(C)(C)CC(C)(C)NC(=S)NCc1cccc(Cl)c1. The molecule has 4 heteroatoms. The molecule has 0 saturated carbocycles. The number of nitrogens with one attached hydrogen (secondary N) is 2. The van der Waals surface area contributed by atoms with E-state index in [1.54, 1.807) is 0 Å². The normalized spacial score (nSPS) is 12.1. The first-order valence-corrected chi connectivity index (χ1v) is 7.66. The second-order valence-corrected chi connectivity index (χ2v) is 7.90. The average molecular weight is 313 g/mol. The lowest BCUT2D eigenvalue weighted by Gasteiger charge is -2.34. The van der Waals surface area contributed by atoms with Crippen LogP contribution in [-0.4, -0.2) is 10.7 Å². The molecule has 0 bridgehead atoms. The van der Waals surface area contributed by atoms with Gasteiger partial charge in [0.2, 0.25) is 0 Å². The van der Waals surface area contributed by atoms with E-state index in [0.717, 1.165) is 17.0 Å². The second kappa shape index (κ2) is 6.77. The molecular formula is C16H25ClN2S. The molecule has 0 saturated heterocycles. The van der Waals surface area contributed by atoms with Crippen LogP contribution in [0.25, 0.3) is 0 Å². The van der Waals surface area contributed by atoms with Crippen molar-refractivity contribution in [1.29, 1.82) is 0 Å². The third-order valence-electron chi connectivity index (χ3n) is 2.77. The molecule has 2 nitrogen and oxygen atoms in total. The van der Waals surface area contributed by atoms with Crippen molar-refractivity contribution in [1.82, 2.24) is 10.6 Å². The van der Waals surface area contributed by atoms with Crippen molar-refractivity contribution in [2.24, 2.45) is 5.41 Å². The van der Waals surface area contributed by atoms with Crippen molar-refractivity contribution < 1.29 is 0 Å². The van der Waals surface area contributed by atoms with E-state index in [1.165, 1.54) is 0 Å². The minimum absolute atomic E-state index is 0.0311. The predicted octanol–water partition coefficient (Wildman–Crippen LogP) is 4.52. The number of hydrogen-bond donors (Lipinski definition) is 2. The lowest BCUT2D eigenvalue weighted by atomic mass is 9.82. The topological polar surface area (TPSA) is 24.1 Å². The molecule has 112 valence electrons. The smallest absolute Gasteiger partial charge is 0.166 e. The van der Waals surface area contributed by atoms with Crippen molar-refractivity contribution >= 4 is 28.9 Å². The van der Waals surface area contributed by atoms with Gasteiger partial charge in [-0.3, -0.25) is 0 Å². The average Bonchev–Trinajstić information content (AvgIpc) is 2.22. The quantitative estimate of drug-likeness (QED) is 0.799. The van der Waals surface area contributed by atoms with Gasteiger partial charge >= 0.3 is 0 Å². The fraction of sp³-hybridized carbons (Fsp3) is 0.562. The van der Waals surface area contributed by atoms with Crippen molar-refractivity contribution in [2.75, 3.05) is 0 Å². The first kappa shape index (κ1) is 17.3. The number of halogens is 1. The van der Waals surface area contributed by atoms with Gasteiger partial charge in [0.15, 0.2) is 5.11 Å². The van der Waals surface area contributed by atoms with Crippen LogP contribution in [0, 0.1) is 5.41 Å². The summed E-state index contributed by atoms with van der Waals surface area (Å²) in [6.45, 7) is 11.7. The number of thiocarbonyl (C=S) groups is 1. The van der Waals surface area contributed by atoms with Crippen LogP contribution in [0.15, 0.2) is 24.3 Å². The summed E-state index contributed by atoms with van der Waals surface area (Å²) in [5, 5.41) is 8.04. The van der Waals surface area contributed by atoms with Crippen molar-refractivity contribution in [3.05, 3.63) is 34.9 Å². The van der Waals surface area contributed by atoms with Gasteiger partial charge in [-0.25, -0.2) is 0 Å². The van der Waals surface area contributed by atoms with E-state index in [0.29, 0.717) is 11.7 Å². The van der Waals surface area contributed by atoms with Gasteiger partial charge in [0, 0.05) is 17.1 Å². The third-order valence-corrected chi connectivity index (χ3v) is 3.25. The van der Waals surface area contributed by atoms with E-state index in [2.05, 4.69) is 45.3 Å². The zero-order valence-electron chi connectivity index (χ0n) is 13.0. The van der Waals surface area contributed by atoms with Crippen LogP contribution in [0.2, 0.25) is 5.02 Å². The monoisotopic (exact) mass is 312 g/mol. The van der Waals surface area contributed by atoms with Crippen molar-refractivity contribution in [3.63, 3.8) is 0 Å². The van der Waals surface area contributed by atoms with Crippen LogP contribution in [0.1, 0.15) is 46.6 Å². The first-order valence-electron chi connectivity index (χ1n) is 6.88. The van der Waals surface area contributed by atoms with Gasteiger partial charge in [0.1, 0.15) is 0 Å². The van der Waals surface area contributed by atoms with E-state index in [1.807, 2.05) is 24.3 Å². The minimum Gasteiger partial charge on any atom is -0.359 e. The highest BCUT2D eigenvalue weighted by Gasteiger charge is 2.25. The number of benzene rings is 1. The second-order valence-electron chi connectivity index (χ2n) is 7.06. The molecule has 0 atom stereocenters. The van der Waals surface area contributed by atoms with Crippen LogP contribution < -0.4 is 10.6 Å². The van der Waals surface area contributed by atoms with Crippen LogP contribution >= 0.6 is 23.8 Å². The molecule has 0 heterocycles. The predicted molar refractivity (Wildman–Crippen MR) is 92.2 cm³/mol. The summed E-state index contributed by atoms with van der Waals surface area (Å²) in [5.74, 6) is 0. The summed E-state index contributed by atoms with van der Waals surface area (Å²) in [6.07, 6.45) is 1.04. The van der Waals surface area contributed by atoms with E-state index in [9.17, 15) is 0 Å². The van der Waals surface area contributed by atoms with Gasteiger partial charge in [0.25, 0.3) is 0 Å². The highest BCUT2D eigenvalue weighted by Crippen LogP contribution is 2.26. The molecule has 0 aliphatic carbocycles. The molecule has 0 unspecified atom stereocenters. The molecule has 0 amide bonds. The van der Waals surface area contributed by atoms with Crippen LogP contribution in [0.5, 0.6) is 0 Å². The molecule has 1 aromatic carbocycles. The Morgan fingerprint density at radius 3 is 2.40 bits per heavy atom. The zero-order chi connectivity index (χ0) is 15.4. The molecule has 0 fully saturated rings. The molecule has 20 heavy (non-hydrogen) atoms. The molecule has 0 aliphatic rings. The molecule has 2 N–H and O–H groups in total. The maximum atomic E-state index is 5.96. The fourth-order valence-electron chi connectivity index (χ4n) is 2.55. The van der Waals surface area contributed by atoms with Crippen molar-refractivity contribution in [3.8, 4) is 0 Å². The maximum absolute atomic E-state index is 5.96. The Kier molecular flexibility index (Phi) is 5.84. The standard InChI is InChI=1S/C16H25ClN2S/c1-15(2,3)11-16(4,5)19-14(20)18-10-12-7-6-8-13(17)9-12/h6-9H,10-11H2,1-5H3,(H2,18,19,20). The molecular weight excluding hydrogens is 288 g/mol. The highest BCUT2D eigenvalue weighted by atomic mass is 35.5. The van der Waals surface area contributed by atoms with Gasteiger partial charge in [-0.15, -0.1) is 0 Å². The Hall–Kier alpha value is -0.800. The minimum atomic E-state index is -0.0311. The van der Waals surface area contributed by atoms with E-state index in [-0.39, 0.29) is 11.0 Å². The number of hydrogen-bond acceptors (Lipinski definition) is 1. The molecule has 1 aromatic rings. The van der Waals surface area contributed by atoms with Gasteiger partial charge < -0.3 is 10.6 Å². The van der Waals surface area contributed by atoms with E-state index >= 15 is 0 Å². The Labute approximate surface area is 133 Å². The Morgan fingerprint density at radius 1 is 1.20 bits per heavy atom. The molecule has 0 radical (unpaired) electrons. The number of rotatable bonds is 4. The van der Waals surface area contributed by atoms with Crippen LogP contribution in [-0.2, 0) is 6.54 Å². The summed E-state index contributed by atoms with van der Waals surface area (Å²) in [5.41, 5.74) is 1.35.